The van der Waals surface area contributed by atoms with Crippen molar-refractivity contribution in [2.45, 2.75) is 19.4 Å². The summed E-state index contributed by atoms with van der Waals surface area (Å²) in [6.07, 6.45) is 3.12. The Labute approximate surface area is 112 Å². The summed E-state index contributed by atoms with van der Waals surface area (Å²) in [5, 5.41) is 2.61. The third-order valence-electron chi connectivity index (χ3n) is 2.27. The van der Waals surface area contributed by atoms with Crippen molar-refractivity contribution >= 4 is 28.3 Å². The van der Waals surface area contributed by atoms with Crippen molar-refractivity contribution in [1.82, 2.24) is 10.3 Å². The molecule has 0 bridgehead atoms. The fraction of sp³-hybridized carbons (Fsp3) is 0.455. The van der Waals surface area contributed by atoms with Crippen LogP contribution in [0.1, 0.15) is 23.7 Å². The van der Waals surface area contributed by atoms with E-state index in [2.05, 4.69) is 10.3 Å². The number of aromatic nitrogens is 1. The minimum absolute atomic E-state index is 0.00105. The van der Waals surface area contributed by atoms with E-state index in [-0.39, 0.29) is 16.8 Å². The molecule has 0 spiro atoms. The molecule has 1 rings (SSSR count). The van der Waals surface area contributed by atoms with Crippen LogP contribution >= 0.6 is 11.6 Å². The normalized spacial score (nSPS) is 14.0. The van der Waals surface area contributed by atoms with Crippen LogP contribution in [0.15, 0.2) is 12.3 Å². The van der Waals surface area contributed by atoms with Gasteiger partial charge < -0.3 is 5.32 Å². The van der Waals surface area contributed by atoms with Crippen LogP contribution in [0, 0.1) is 5.82 Å². The zero-order chi connectivity index (χ0) is 13.7. The molecule has 0 aliphatic heterocycles. The summed E-state index contributed by atoms with van der Waals surface area (Å²) in [7, 11) is -0.903. The number of carbonyl (C=O) groups is 1. The molecule has 1 aromatic rings. The van der Waals surface area contributed by atoms with Gasteiger partial charge in [-0.3, -0.25) is 9.00 Å². The number of nitrogens with zero attached hydrogens (tertiary/aromatic N) is 1. The average Bonchev–Trinajstić information content (AvgIpc) is 2.29. The van der Waals surface area contributed by atoms with Crippen molar-refractivity contribution in [3.05, 3.63) is 28.8 Å². The van der Waals surface area contributed by atoms with Crippen LogP contribution in [0.3, 0.4) is 0 Å². The Morgan fingerprint density at radius 2 is 2.33 bits per heavy atom. The summed E-state index contributed by atoms with van der Waals surface area (Å²) in [6.45, 7) is 1.78. The molecule has 0 aromatic carbocycles. The number of hydrogen-bond donors (Lipinski definition) is 1. The van der Waals surface area contributed by atoms with Crippen LogP contribution in [0.4, 0.5) is 4.39 Å². The van der Waals surface area contributed by atoms with E-state index in [4.69, 9.17) is 11.6 Å². The van der Waals surface area contributed by atoms with E-state index >= 15 is 0 Å². The average molecular weight is 293 g/mol. The zero-order valence-corrected chi connectivity index (χ0v) is 11.6. The molecule has 1 N–H and O–H groups in total. The molecule has 1 aromatic heterocycles. The first kappa shape index (κ1) is 15.0. The molecule has 4 nitrogen and oxygen atoms in total. The molecule has 2 atom stereocenters. The summed E-state index contributed by atoms with van der Waals surface area (Å²) in [5.74, 6) is -0.607. The Balaban J connectivity index is 2.64. The van der Waals surface area contributed by atoms with Crippen LogP contribution in [0.25, 0.3) is 0 Å². The zero-order valence-electron chi connectivity index (χ0n) is 10.1. The van der Waals surface area contributed by atoms with Crippen molar-refractivity contribution in [3.63, 3.8) is 0 Å². The van der Waals surface area contributed by atoms with E-state index in [1.54, 1.807) is 13.2 Å². The molecule has 18 heavy (non-hydrogen) atoms. The summed E-state index contributed by atoms with van der Waals surface area (Å²) in [5.41, 5.74) is 0.00105. The fourth-order valence-corrected chi connectivity index (χ4v) is 2.17. The number of nitrogens with one attached hydrogen (secondary N) is 1. The van der Waals surface area contributed by atoms with E-state index in [9.17, 15) is 13.4 Å². The third-order valence-corrected chi connectivity index (χ3v) is 3.38. The quantitative estimate of drug-likeness (QED) is 0.841. The molecule has 7 heteroatoms. The number of hydrogen-bond acceptors (Lipinski definition) is 3. The van der Waals surface area contributed by atoms with Gasteiger partial charge in [0.25, 0.3) is 5.91 Å². The van der Waals surface area contributed by atoms with Gasteiger partial charge in [0.15, 0.2) is 0 Å². The predicted octanol–water partition coefficient (Wildman–Crippen LogP) is 1.76. The highest BCUT2D eigenvalue weighted by atomic mass is 35.5. The van der Waals surface area contributed by atoms with Crippen molar-refractivity contribution in [2.24, 2.45) is 0 Å². The highest BCUT2D eigenvalue weighted by molar-refractivity contribution is 7.84. The summed E-state index contributed by atoms with van der Waals surface area (Å²) in [6, 6.07) is 0.871. The van der Waals surface area contributed by atoms with Gasteiger partial charge in [-0.15, -0.1) is 0 Å². The minimum atomic E-state index is -0.903. The monoisotopic (exact) mass is 292 g/mol. The van der Waals surface area contributed by atoms with E-state index in [1.807, 2.05) is 0 Å². The maximum absolute atomic E-state index is 13.0. The molecule has 0 saturated carbocycles. The first-order valence-corrected chi connectivity index (χ1v) is 7.42. The lowest BCUT2D eigenvalue weighted by molar-refractivity contribution is 0.0938. The maximum atomic E-state index is 13.0. The van der Waals surface area contributed by atoms with E-state index in [0.717, 1.165) is 12.3 Å². The van der Waals surface area contributed by atoms with Gasteiger partial charge in [0.05, 0.1) is 11.8 Å². The van der Waals surface area contributed by atoms with Crippen molar-refractivity contribution < 1.29 is 13.4 Å². The van der Waals surface area contributed by atoms with Gasteiger partial charge in [0.1, 0.15) is 11.0 Å². The summed E-state index contributed by atoms with van der Waals surface area (Å²) in [4.78, 5) is 15.4. The van der Waals surface area contributed by atoms with Crippen LogP contribution in [-0.4, -0.2) is 33.2 Å². The molecule has 0 radical (unpaired) electrons. The number of rotatable bonds is 5. The van der Waals surface area contributed by atoms with Gasteiger partial charge in [0, 0.05) is 28.9 Å². The van der Waals surface area contributed by atoms with Crippen molar-refractivity contribution in [3.8, 4) is 0 Å². The maximum Gasteiger partial charge on any atom is 0.254 e. The van der Waals surface area contributed by atoms with E-state index < -0.39 is 22.5 Å². The highest BCUT2D eigenvalue weighted by Gasteiger charge is 2.15. The Morgan fingerprint density at radius 3 is 2.94 bits per heavy atom. The minimum Gasteiger partial charge on any atom is -0.349 e. The molecule has 0 aliphatic rings. The van der Waals surface area contributed by atoms with Gasteiger partial charge in [-0.25, -0.2) is 9.37 Å². The van der Waals surface area contributed by atoms with Crippen molar-refractivity contribution in [2.75, 3.05) is 12.0 Å². The van der Waals surface area contributed by atoms with E-state index in [0.29, 0.717) is 12.2 Å². The molecular weight excluding hydrogens is 279 g/mol. The Bertz CT molecular complexity index is 470. The smallest absolute Gasteiger partial charge is 0.254 e. The van der Waals surface area contributed by atoms with Crippen LogP contribution in [-0.2, 0) is 10.8 Å². The van der Waals surface area contributed by atoms with Gasteiger partial charge in [0.2, 0.25) is 0 Å². The topological polar surface area (TPSA) is 59.1 Å². The third kappa shape index (κ3) is 4.70. The molecule has 0 fully saturated rings. The Hall–Kier alpha value is -1.01. The lowest BCUT2D eigenvalue weighted by atomic mass is 10.2. The van der Waals surface area contributed by atoms with E-state index in [1.165, 1.54) is 0 Å². The van der Waals surface area contributed by atoms with Crippen LogP contribution in [0.2, 0.25) is 5.15 Å². The number of carbonyl (C=O) groups excluding carboxylic acids is 1. The SMILES string of the molecule is CC(CCS(C)=O)NC(=O)c1cc(F)cnc1Cl. The Morgan fingerprint density at radius 1 is 1.67 bits per heavy atom. The number of pyridine rings is 1. The van der Waals surface area contributed by atoms with Gasteiger partial charge in [-0.05, 0) is 19.4 Å². The lowest BCUT2D eigenvalue weighted by Crippen LogP contribution is -2.33. The van der Waals surface area contributed by atoms with Gasteiger partial charge in [-0.1, -0.05) is 11.6 Å². The second kappa shape index (κ2) is 6.80. The molecule has 1 amide bonds. The van der Waals surface area contributed by atoms with Crippen LogP contribution in [0.5, 0.6) is 0 Å². The predicted molar refractivity (Wildman–Crippen MR) is 69.7 cm³/mol. The number of halogens is 2. The first-order chi connectivity index (χ1) is 8.40. The summed E-state index contributed by atoms with van der Waals surface area (Å²) < 4.78 is 23.9. The largest absolute Gasteiger partial charge is 0.349 e. The second-order valence-electron chi connectivity index (χ2n) is 3.93. The first-order valence-electron chi connectivity index (χ1n) is 5.32. The molecule has 100 valence electrons. The second-order valence-corrected chi connectivity index (χ2v) is 5.85. The van der Waals surface area contributed by atoms with Crippen molar-refractivity contribution in [1.29, 1.82) is 0 Å². The standard InChI is InChI=1S/C11H14ClFN2O2S/c1-7(3-4-18(2)17)15-11(16)9-5-8(13)6-14-10(9)12/h5-7H,3-4H2,1-2H3,(H,15,16). The molecular formula is C11H14ClFN2O2S. The molecule has 0 saturated heterocycles. The fourth-order valence-electron chi connectivity index (χ4n) is 1.30. The molecule has 1 heterocycles. The highest BCUT2D eigenvalue weighted by Crippen LogP contribution is 2.13. The molecule has 2 unspecified atom stereocenters. The summed E-state index contributed by atoms with van der Waals surface area (Å²) >= 11 is 5.71. The lowest BCUT2D eigenvalue weighted by Gasteiger charge is -2.13. The number of amides is 1. The van der Waals surface area contributed by atoms with Gasteiger partial charge in [-0.2, -0.15) is 0 Å². The molecule has 0 aliphatic carbocycles. The van der Waals surface area contributed by atoms with Gasteiger partial charge >= 0.3 is 0 Å². The van der Waals surface area contributed by atoms with Crippen LogP contribution < -0.4 is 5.32 Å². The Kier molecular flexibility index (Phi) is 5.68.